The summed E-state index contributed by atoms with van der Waals surface area (Å²) in [5.74, 6) is 3.27. The van der Waals surface area contributed by atoms with Crippen molar-refractivity contribution in [3.63, 3.8) is 0 Å². The average Bonchev–Trinajstić information content (AvgIpc) is 3.30. The number of hydrogen-bond donors (Lipinski definition) is 1. The van der Waals surface area contributed by atoms with Crippen LogP contribution >= 0.6 is 34.9 Å². The van der Waals surface area contributed by atoms with Gasteiger partial charge in [-0.1, -0.05) is 30.4 Å². The average molecular weight is 463 g/mol. The number of aliphatic hydroxyl groups excluding tert-OH is 1. The largest absolute Gasteiger partial charge is 0.389 e. The van der Waals surface area contributed by atoms with Crippen LogP contribution in [-0.2, 0) is 16.0 Å². The van der Waals surface area contributed by atoms with E-state index in [4.69, 9.17) is 0 Å². The minimum absolute atomic E-state index is 0.0221. The van der Waals surface area contributed by atoms with Crippen LogP contribution in [0.25, 0.3) is 10.1 Å². The molecule has 30 heavy (non-hydrogen) atoms. The van der Waals surface area contributed by atoms with Crippen LogP contribution < -0.4 is 0 Å². The monoisotopic (exact) mass is 462 g/mol. The molecule has 0 radical (unpaired) electrons. The number of aryl methyl sites for hydroxylation is 1. The summed E-state index contributed by atoms with van der Waals surface area (Å²) in [7, 11) is 0. The number of carbonyl (C=O) groups is 2. The summed E-state index contributed by atoms with van der Waals surface area (Å²) in [6.07, 6.45) is 7.61. The first-order chi connectivity index (χ1) is 14.5. The number of allylic oxidation sites excluding steroid dienone is 1. The highest BCUT2D eigenvalue weighted by Crippen LogP contribution is 2.34. The van der Waals surface area contributed by atoms with E-state index in [1.807, 2.05) is 6.08 Å². The molecule has 0 amide bonds. The fraction of sp³-hybridized carbons (Fsp3) is 0.500. The SMILES string of the molecule is CC(=O)CSCCCS[C@H]1C(=O)CC[C@@H]1/C=C/C(O)CCc1cc2ccccc2s1. The second-order valence-electron chi connectivity index (χ2n) is 7.81. The first kappa shape index (κ1) is 23.6. The Kier molecular flexibility index (Phi) is 9.50. The van der Waals surface area contributed by atoms with Crippen molar-refractivity contribution in [1.82, 2.24) is 0 Å². The molecule has 0 bridgehead atoms. The number of thiophene rings is 1. The maximum Gasteiger partial charge on any atom is 0.146 e. The molecule has 2 aromatic rings. The van der Waals surface area contributed by atoms with E-state index in [9.17, 15) is 14.7 Å². The van der Waals surface area contributed by atoms with Crippen LogP contribution in [0.3, 0.4) is 0 Å². The molecule has 1 fully saturated rings. The Hall–Kier alpha value is -1.08. The van der Waals surface area contributed by atoms with Gasteiger partial charge in [0.15, 0.2) is 0 Å². The van der Waals surface area contributed by atoms with E-state index in [0.717, 1.165) is 30.8 Å². The zero-order chi connectivity index (χ0) is 21.3. The maximum absolute atomic E-state index is 12.3. The van der Waals surface area contributed by atoms with Crippen molar-refractivity contribution in [2.24, 2.45) is 5.92 Å². The molecule has 3 atom stereocenters. The number of thioether (sulfide) groups is 2. The van der Waals surface area contributed by atoms with E-state index in [2.05, 4.69) is 36.4 Å². The van der Waals surface area contributed by atoms with Crippen LogP contribution in [-0.4, -0.2) is 45.3 Å². The number of rotatable bonds is 12. The Morgan fingerprint density at radius 2 is 2.17 bits per heavy atom. The molecule has 3 nitrogen and oxygen atoms in total. The molecule has 1 aromatic carbocycles. The molecule has 1 aliphatic carbocycles. The number of benzene rings is 1. The second-order valence-corrected chi connectivity index (χ2v) is 11.3. The smallest absolute Gasteiger partial charge is 0.146 e. The van der Waals surface area contributed by atoms with E-state index in [1.54, 1.807) is 41.8 Å². The summed E-state index contributed by atoms with van der Waals surface area (Å²) in [4.78, 5) is 24.5. The van der Waals surface area contributed by atoms with Crippen LogP contribution in [0.4, 0.5) is 0 Å². The number of Topliss-reactive ketones (excluding diaryl/α,β-unsaturated/α-hetero) is 2. The van der Waals surface area contributed by atoms with Crippen LogP contribution in [0.15, 0.2) is 42.5 Å². The van der Waals surface area contributed by atoms with Crippen LogP contribution in [0.1, 0.15) is 37.5 Å². The Bertz CT molecular complexity index is 840. The van der Waals surface area contributed by atoms with Gasteiger partial charge in [0.2, 0.25) is 0 Å². The molecule has 1 aliphatic rings. The maximum atomic E-state index is 12.3. The number of hydrogen-bond acceptors (Lipinski definition) is 6. The standard InChI is InChI=1S/C24H30O3S3/c1-17(25)16-28-13-4-14-29-24-18(8-12-22(24)27)7-9-20(26)10-11-21-15-19-5-2-3-6-23(19)30-21/h2-3,5-7,9,15,18,20,24,26H,4,8,10-14,16H2,1H3/b9-7+/t18-,20?,24+/m0/s1. The molecule has 6 heteroatoms. The minimum atomic E-state index is -0.473. The summed E-state index contributed by atoms with van der Waals surface area (Å²) >= 11 is 5.21. The predicted octanol–water partition coefficient (Wildman–Crippen LogP) is 5.54. The first-order valence-corrected chi connectivity index (χ1v) is 13.6. The Labute approximate surface area is 191 Å². The van der Waals surface area contributed by atoms with Gasteiger partial charge in [0.25, 0.3) is 0 Å². The van der Waals surface area contributed by atoms with Gasteiger partial charge in [-0.05, 0) is 67.5 Å². The van der Waals surface area contributed by atoms with Gasteiger partial charge >= 0.3 is 0 Å². The third-order valence-electron chi connectivity index (χ3n) is 5.21. The summed E-state index contributed by atoms with van der Waals surface area (Å²) in [5.41, 5.74) is 0. The molecule has 1 unspecified atom stereocenters. The summed E-state index contributed by atoms with van der Waals surface area (Å²) in [5, 5.41) is 11.7. The summed E-state index contributed by atoms with van der Waals surface area (Å²) < 4.78 is 1.29. The van der Waals surface area contributed by atoms with Crippen LogP contribution in [0.2, 0.25) is 0 Å². The molecule has 162 valence electrons. The topological polar surface area (TPSA) is 54.4 Å². The number of carbonyl (C=O) groups excluding carboxylic acids is 2. The van der Waals surface area contributed by atoms with Gasteiger partial charge in [-0.2, -0.15) is 11.8 Å². The van der Waals surface area contributed by atoms with E-state index < -0.39 is 6.10 Å². The van der Waals surface area contributed by atoms with Crippen molar-refractivity contribution in [1.29, 1.82) is 0 Å². The minimum Gasteiger partial charge on any atom is -0.389 e. The second kappa shape index (κ2) is 12.1. The summed E-state index contributed by atoms with van der Waals surface area (Å²) in [6, 6.07) is 10.6. The molecular formula is C24H30O3S3. The number of fused-ring (bicyclic) bond motifs is 1. The number of ketones is 2. The lowest BCUT2D eigenvalue weighted by Gasteiger charge is -2.15. The van der Waals surface area contributed by atoms with Gasteiger partial charge in [0.05, 0.1) is 17.1 Å². The van der Waals surface area contributed by atoms with Crippen molar-refractivity contribution in [3.05, 3.63) is 47.4 Å². The van der Waals surface area contributed by atoms with E-state index >= 15 is 0 Å². The molecule has 3 rings (SSSR count). The Morgan fingerprint density at radius 1 is 1.33 bits per heavy atom. The first-order valence-electron chi connectivity index (χ1n) is 10.6. The molecule has 1 N–H and O–H groups in total. The van der Waals surface area contributed by atoms with Crippen LogP contribution in [0, 0.1) is 5.92 Å². The van der Waals surface area contributed by atoms with Gasteiger partial charge in [-0.3, -0.25) is 9.59 Å². The van der Waals surface area contributed by atoms with Crippen molar-refractivity contribution in [2.45, 2.75) is 50.4 Å². The summed E-state index contributed by atoms with van der Waals surface area (Å²) in [6.45, 7) is 1.62. The highest BCUT2D eigenvalue weighted by Gasteiger charge is 2.33. The third-order valence-corrected chi connectivity index (χ3v) is 9.07. The van der Waals surface area contributed by atoms with E-state index in [0.29, 0.717) is 24.4 Å². The van der Waals surface area contributed by atoms with Crippen molar-refractivity contribution in [2.75, 3.05) is 17.3 Å². The zero-order valence-electron chi connectivity index (χ0n) is 17.4. The zero-order valence-corrected chi connectivity index (χ0v) is 19.9. The third kappa shape index (κ3) is 7.26. The molecule has 0 aliphatic heterocycles. The van der Waals surface area contributed by atoms with Crippen molar-refractivity contribution in [3.8, 4) is 0 Å². The molecule has 1 saturated carbocycles. The molecular weight excluding hydrogens is 432 g/mol. The fourth-order valence-corrected chi connectivity index (χ4v) is 7.04. The van der Waals surface area contributed by atoms with Gasteiger partial charge in [-0.25, -0.2) is 0 Å². The lowest BCUT2D eigenvalue weighted by Crippen LogP contribution is -2.17. The fourth-order valence-electron chi connectivity index (χ4n) is 3.66. The van der Waals surface area contributed by atoms with Gasteiger partial charge < -0.3 is 5.11 Å². The lowest BCUT2D eigenvalue weighted by molar-refractivity contribution is -0.117. The predicted molar refractivity (Wildman–Crippen MR) is 132 cm³/mol. The van der Waals surface area contributed by atoms with Gasteiger partial charge in [0, 0.05) is 16.0 Å². The molecule has 1 heterocycles. The molecule has 0 spiro atoms. The van der Waals surface area contributed by atoms with Crippen molar-refractivity contribution < 1.29 is 14.7 Å². The Morgan fingerprint density at radius 3 is 2.97 bits per heavy atom. The van der Waals surface area contributed by atoms with Gasteiger partial charge in [-0.15, -0.1) is 23.1 Å². The Balaban J connectivity index is 1.41. The highest BCUT2D eigenvalue weighted by atomic mass is 32.2. The highest BCUT2D eigenvalue weighted by molar-refractivity contribution is 8.01. The quantitative estimate of drug-likeness (QED) is 0.331. The normalized spacial score (nSPS) is 20.4. The lowest BCUT2D eigenvalue weighted by atomic mass is 10.0. The number of aliphatic hydroxyl groups is 1. The molecule has 0 saturated heterocycles. The van der Waals surface area contributed by atoms with Crippen molar-refractivity contribution >= 4 is 56.5 Å². The van der Waals surface area contributed by atoms with Gasteiger partial charge in [0.1, 0.15) is 11.6 Å². The van der Waals surface area contributed by atoms with E-state index in [-0.39, 0.29) is 17.0 Å². The van der Waals surface area contributed by atoms with E-state index in [1.165, 1.54) is 15.0 Å². The molecule has 1 aromatic heterocycles. The van der Waals surface area contributed by atoms with Crippen LogP contribution in [0.5, 0.6) is 0 Å².